The first-order valence-corrected chi connectivity index (χ1v) is 6.41. The van der Waals surface area contributed by atoms with E-state index in [2.05, 4.69) is 23.3 Å². The van der Waals surface area contributed by atoms with Gasteiger partial charge in [-0.25, -0.2) is 4.98 Å². The number of nitrogens with zero attached hydrogens (tertiary/aromatic N) is 1. The zero-order valence-corrected chi connectivity index (χ0v) is 10.2. The summed E-state index contributed by atoms with van der Waals surface area (Å²) in [7, 11) is 0. The molecule has 1 heterocycles. The fourth-order valence-electron chi connectivity index (χ4n) is 1.43. The summed E-state index contributed by atoms with van der Waals surface area (Å²) >= 11 is 1.60. The topological polar surface area (TPSA) is 34.1 Å². The predicted octanol–water partition coefficient (Wildman–Crippen LogP) is 2.67. The molecule has 1 N–H and O–H groups in total. The maximum atomic E-state index is 5.58. The van der Waals surface area contributed by atoms with Gasteiger partial charge in [0, 0.05) is 6.54 Å². The molecule has 3 nitrogen and oxygen atoms in total. The molecule has 0 fully saturated rings. The summed E-state index contributed by atoms with van der Waals surface area (Å²) in [5.74, 6) is 0. The van der Waals surface area contributed by atoms with Crippen LogP contribution in [0.2, 0.25) is 0 Å². The zero-order chi connectivity index (χ0) is 11.2. The van der Waals surface area contributed by atoms with E-state index in [-0.39, 0.29) is 0 Å². The molecule has 0 saturated heterocycles. The molecule has 0 atom stereocenters. The maximum Gasteiger partial charge on any atom is 0.274 e. The van der Waals surface area contributed by atoms with Gasteiger partial charge in [-0.3, -0.25) is 0 Å². The van der Waals surface area contributed by atoms with Crippen LogP contribution in [-0.4, -0.2) is 24.7 Å². The highest BCUT2D eigenvalue weighted by molar-refractivity contribution is 7.20. The van der Waals surface area contributed by atoms with Gasteiger partial charge < -0.3 is 10.1 Å². The summed E-state index contributed by atoms with van der Waals surface area (Å²) in [5, 5.41) is 4.05. The van der Waals surface area contributed by atoms with Crippen molar-refractivity contribution in [3.05, 3.63) is 24.3 Å². The quantitative estimate of drug-likeness (QED) is 0.783. The van der Waals surface area contributed by atoms with Gasteiger partial charge in [0.25, 0.3) is 5.19 Å². The molecular weight excluding hydrogens is 220 g/mol. The number of fused-ring (bicyclic) bond motifs is 1. The van der Waals surface area contributed by atoms with Crippen molar-refractivity contribution in [1.29, 1.82) is 0 Å². The average molecular weight is 236 g/mol. The Bertz CT molecular complexity index is 408. The molecule has 0 bridgehead atoms. The number of hydrogen-bond acceptors (Lipinski definition) is 4. The maximum absolute atomic E-state index is 5.58. The standard InChI is InChI=1S/C12H16N2OS/c1-2-7-13-8-9-15-12-14-10-5-3-4-6-11(10)16-12/h3-6,13H,2,7-9H2,1H3. The van der Waals surface area contributed by atoms with Crippen LogP contribution < -0.4 is 10.1 Å². The van der Waals surface area contributed by atoms with Gasteiger partial charge in [0.15, 0.2) is 0 Å². The van der Waals surface area contributed by atoms with Gasteiger partial charge in [-0.05, 0) is 25.1 Å². The van der Waals surface area contributed by atoms with Crippen molar-refractivity contribution in [3.8, 4) is 5.19 Å². The first kappa shape index (κ1) is 11.4. The Labute approximate surface area is 99.5 Å². The molecule has 0 unspecified atom stereocenters. The second kappa shape index (κ2) is 5.82. The molecular formula is C12H16N2OS. The second-order valence-corrected chi connectivity index (χ2v) is 4.54. The number of thiazole rings is 1. The van der Waals surface area contributed by atoms with Crippen molar-refractivity contribution in [1.82, 2.24) is 10.3 Å². The number of rotatable bonds is 6. The van der Waals surface area contributed by atoms with Crippen LogP contribution in [0.15, 0.2) is 24.3 Å². The largest absolute Gasteiger partial charge is 0.469 e. The molecule has 0 amide bonds. The van der Waals surface area contributed by atoms with E-state index in [1.54, 1.807) is 11.3 Å². The summed E-state index contributed by atoms with van der Waals surface area (Å²) in [4.78, 5) is 4.40. The molecule has 4 heteroatoms. The van der Waals surface area contributed by atoms with Crippen molar-refractivity contribution in [2.75, 3.05) is 19.7 Å². The molecule has 0 spiro atoms. The summed E-state index contributed by atoms with van der Waals surface area (Å²) in [6, 6.07) is 8.09. The lowest BCUT2D eigenvalue weighted by atomic mass is 10.3. The molecule has 0 saturated carbocycles. The molecule has 1 aromatic heterocycles. The molecule has 0 aliphatic heterocycles. The molecule has 0 radical (unpaired) electrons. The summed E-state index contributed by atoms with van der Waals surface area (Å²) < 4.78 is 6.76. The summed E-state index contributed by atoms with van der Waals surface area (Å²) in [5.41, 5.74) is 1.02. The highest BCUT2D eigenvalue weighted by atomic mass is 32.1. The molecule has 16 heavy (non-hydrogen) atoms. The summed E-state index contributed by atoms with van der Waals surface area (Å²) in [6.07, 6.45) is 1.15. The predicted molar refractivity (Wildman–Crippen MR) is 68.3 cm³/mol. The van der Waals surface area contributed by atoms with Crippen molar-refractivity contribution >= 4 is 21.6 Å². The van der Waals surface area contributed by atoms with Crippen molar-refractivity contribution in [2.45, 2.75) is 13.3 Å². The number of hydrogen-bond donors (Lipinski definition) is 1. The van der Waals surface area contributed by atoms with Crippen LogP contribution in [0.1, 0.15) is 13.3 Å². The monoisotopic (exact) mass is 236 g/mol. The van der Waals surface area contributed by atoms with Gasteiger partial charge in [-0.1, -0.05) is 30.4 Å². The van der Waals surface area contributed by atoms with E-state index in [0.717, 1.165) is 30.2 Å². The Hall–Kier alpha value is -1.13. The minimum Gasteiger partial charge on any atom is -0.469 e. The van der Waals surface area contributed by atoms with E-state index in [4.69, 9.17) is 4.74 Å². The van der Waals surface area contributed by atoms with E-state index in [0.29, 0.717) is 6.61 Å². The van der Waals surface area contributed by atoms with Gasteiger partial charge >= 0.3 is 0 Å². The Morgan fingerprint density at radius 2 is 2.19 bits per heavy atom. The Morgan fingerprint density at radius 3 is 3.00 bits per heavy atom. The van der Waals surface area contributed by atoms with E-state index in [1.165, 1.54) is 4.70 Å². The van der Waals surface area contributed by atoms with Crippen molar-refractivity contribution in [3.63, 3.8) is 0 Å². The second-order valence-electron chi connectivity index (χ2n) is 3.55. The molecule has 86 valence electrons. The van der Waals surface area contributed by atoms with Gasteiger partial charge in [0.1, 0.15) is 6.61 Å². The van der Waals surface area contributed by atoms with Crippen molar-refractivity contribution < 1.29 is 4.74 Å². The fraction of sp³-hybridized carbons (Fsp3) is 0.417. The normalized spacial score (nSPS) is 10.8. The van der Waals surface area contributed by atoms with Crippen LogP contribution in [0.3, 0.4) is 0 Å². The Balaban J connectivity index is 1.85. The number of nitrogens with one attached hydrogen (secondary N) is 1. The average Bonchev–Trinajstić information content (AvgIpc) is 2.71. The van der Waals surface area contributed by atoms with Gasteiger partial charge in [-0.15, -0.1) is 0 Å². The molecule has 1 aromatic carbocycles. The third kappa shape index (κ3) is 2.93. The van der Waals surface area contributed by atoms with Crippen LogP contribution >= 0.6 is 11.3 Å². The SMILES string of the molecule is CCCNCCOc1nc2ccccc2s1. The smallest absolute Gasteiger partial charge is 0.274 e. The Kier molecular flexibility index (Phi) is 4.13. The lowest BCUT2D eigenvalue weighted by Crippen LogP contribution is -2.21. The summed E-state index contributed by atoms with van der Waals surface area (Å²) in [6.45, 7) is 4.76. The third-order valence-electron chi connectivity index (χ3n) is 2.21. The molecule has 0 aliphatic carbocycles. The molecule has 2 rings (SSSR count). The van der Waals surface area contributed by atoms with E-state index >= 15 is 0 Å². The van der Waals surface area contributed by atoms with E-state index < -0.39 is 0 Å². The van der Waals surface area contributed by atoms with Crippen LogP contribution in [0.4, 0.5) is 0 Å². The van der Waals surface area contributed by atoms with Gasteiger partial charge in [-0.2, -0.15) is 0 Å². The van der Waals surface area contributed by atoms with Gasteiger partial charge in [0.2, 0.25) is 0 Å². The van der Waals surface area contributed by atoms with Crippen LogP contribution in [-0.2, 0) is 0 Å². The lowest BCUT2D eigenvalue weighted by molar-refractivity contribution is 0.313. The van der Waals surface area contributed by atoms with Crippen LogP contribution in [0.25, 0.3) is 10.2 Å². The highest BCUT2D eigenvalue weighted by Gasteiger charge is 2.02. The van der Waals surface area contributed by atoms with Crippen molar-refractivity contribution in [2.24, 2.45) is 0 Å². The minimum absolute atomic E-state index is 0.680. The third-order valence-corrected chi connectivity index (χ3v) is 3.15. The number of para-hydroxylation sites is 1. The van der Waals surface area contributed by atoms with E-state index in [9.17, 15) is 0 Å². The number of benzene rings is 1. The van der Waals surface area contributed by atoms with Crippen LogP contribution in [0.5, 0.6) is 5.19 Å². The molecule has 2 aromatic rings. The minimum atomic E-state index is 0.680. The van der Waals surface area contributed by atoms with E-state index in [1.807, 2.05) is 18.2 Å². The molecule has 0 aliphatic rings. The number of ether oxygens (including phenoxy) is 1. The highest BCUT2D eigenvalue weighted by Crippen LogP contribution is 2.26. The fourth-order valence-corrected chi connectivity index (χ4v) is 2.26. The Morgan fingerprint density at radius 1 is 1.31 bits per heavy atom. The first-order valence-electron chi connectivity index (χ1n) is 5.59. The van der Waals surface area contributed by atoms with Gasteiger partial charge in [0.05, 0.1) is 10.2 Å². The van der Waals surface area contributed by atoms with Crippen LogP contribution in [0, 0.1) is 0 Å². The lowest BCUT2D eigenvalue weighted by Gasteiger charge is -2.02. The first-order chi connectivity index (χ1) is 7.90. The number of aromatic nitrogens is 1. The zero-order valence-electron chi connectivity index (χ0n) is 9.40.